The van der Waals surface area contributed by atoms with Crippen LogP contribution in [-0.2, 0) is 4.79 Å². The van der Waals surface area contributed by atoms with Crippen LogP contribution in [0.25, 0.3) is 11.1 Å². The zero-order valence-corrected chi connectivity index (χ0v) is 18.2. The highest BCUT2D eigenvalue weighted by molar-refractivity contribution is 8.13. The Morgan fingerprint density at radius 1 is 0.967 bits per heavy atom. The van der Waals surface area contributed by atoms with Gasteiger partial charge in [0.2, 0.25) is 0 Å². The third kappa shape index (κ3) is 5.78. The molecule has 0 saturated carbocycles. The molecule has 0 bridgehead atoms. The maximum Gasteiger partial charge on any atom is 0.286 e. The van der Waals surface area contributed by atoms with E-state index in [0.29, 0.717) is 21.4 Å². The Kier molecular flexibility index (Phi) is 7.38. The molecular formula is C23H21ClN2O3S. The standard InChI is InChI=1S/C23H21ClN2O3S/c1-26(2)23(28)30-21-11-7-6-10-19(21)25-22(27)15-29-20-13-12-17(14-18(20)24)16-8-4-3-5-9-16/h3-14H,15H2,1-2H3,(H,25,27). The van der Waals surface area contributed by atoms with Crippen LogP contribution < -0.4 is 10.1 Å². The molecule has 3 aromatic carbocycles. The molecule has 7 heteroatoms. The molecule has 0 fully saturated rings. The molecular weight excluding hydrogens is 420 g/mol. The second-order valence-electron chi connectivity index (χ2n) is 6.61. The first-order valence-electron chi connectivity index (χ1n) is 9.20. The highest BCUT2D eigenvalue weighted by Gasteiger charge is 2.13. The van der Waals surface area contributed by atoms with Gasteiger partial charge in [-0.15, -0.1) is 0 Å². The fourth-order valence-corrected chi connectivity index (χ4v) is 3.58. The predicted molar refractivity (Wildman–Crippen MR) is 122 cm³/mol. The van der Waals surface area contributed by atoms with E-state index in [1.807, 2.05) is 48.5 Å². The van der Waals surface area contributed by atoms with Crippen LogP contribution in [0.15, 0.2) is 77.7 Å². The fourth-order valence-electron chi connectivity index (χ4n) is 2.60. The largest absolute Gasteiger partial charge is 0.482 e. The van der Waals surface area contributed by atoms with Crippen molar-refractivity contribution in [3.63, 3.8) is 0 Å². The molecule has 0 spiro atoms. The lowest BCUT2D eigenvalue weighted by atomic mass is 10.1. The third-order valence-electron chi connectivity index (χ3n) is 4.12. The van der Waals surface area contributed by atoms with Crippen molar-refractivity contribution in [1.82, 2.24) is 4.90 Å². The molecule has 154 valence electrons. The Labute approximate surface area is 185 Å². The van der Waals surface area contributed by atoms with Crippen LogP contribution in [0.3, 0.4) is 0 Å². The maximum absolute atomic E-state index is 12.4. The zero-order chi connectivity index (χ0) is 21.5. The summed E-state index contributed by atoms with van der Waals surface area (Å²) in [7, 11) is 3.36. The summed E-state index contributed by atoms with van der Waals surface area (Å²) in [4.78, 5) is 26.5. The number of carbonyl (C=O) groups is 2. The van der Waals surface area contributed by atoms with E-state index in [4.69, 9.17) is 16.3 Å². The normalized spacial score (nSPS) is 10.4. The van der Waals surface area contributed by atoms with Crippen LogP contribution in [0.4, 0.5) is 10.5 Å². The topological polar surface area (TPSA) is 58.6 Å². The van der Waals surface area contributed by atoms with Gasteiger partial charge in [0, 0.05) is 19.0 Å². The van der Waals surface area contributed by atoms with Gasteiger partial charge in [0.15, 0.2) is 6.61 Å². The van der Waals surface area contributed by atoms with Crippen LogP contribution in [-0.4, -0.2) is 36.7 Å². The van der Waals surface area contributed by atoms with Crippen molar-refractivity contribution < 1.29 is 14.3 Å². The van der Waals surface area contributed by atoms with Crippen LogP contribution >= 0.6 is 23.4 Å². The summed E-state index contributed by atoms with van der Waals surface area (Å²) >= 11 is 7.38. The molecule has 30 heavy (non-hydrogen) atoms. The number of halogens is 1. The zero-order valence-electron chi connectivity index (χ0n) is 16.6. The van der Waals surface area contributed by atoms with E-state index in [9.17, 15) is 9.59 Å². The molecule has 0 atom stereocenters. The van der Waals surface area contributed by atoms with Gasteiger partial charge in [0.05, 0.1) is 10.7 Å². The smallest absolute Gasteiger partial charge is 0.286 e. The van der Waals surface area contributed by atoms with Crippen LogP contribution in [0.5, 0.6) is 5.75 Å². The number of carbonyl (C=O) groups excluding carboxylic acids is 2. The van der Waals surface area contributed by atoms with Crippen molar-refractivity contribution in [3.8, 4) is 16.9 Å². The van der Waals surface area contributed by atoms with Crippen molar-refractivity contribution in [2.24, 2.45) is 0 Å². The number of nitrogens with one attached hydrogen (secondary N) is 1. The minimum Gasteiger partial charge on any atom is -0.482 e. The second-order valence-corrected chi connectivity index (χ2v) is 8.01. The molecule has 0 aliphatic heterocycles. The quantitative estimate of drug-likeness (QED) is 0.492. The van der Waals surface area contributed by atoms with E-state index < -0.39 is 0 Å². The van der Waals surface area contributed by atoms with Crippen LogP contribution in [0, 0.1) is 0 Å². The number of rotatable bonds is 6. The Bertz CT molecular complexity index is 1040. The van der Waals surface area contributed by atoms with Crippen molar-refractivity contribution in [3.05, 3.63) is 77.8 Å². The van der Waals surface area contributed by atoms with E-state index in [1.165, 1.54) is 4.90 Å². The highest BCUT2D eigenvalue weighted by Crippen LogP contribution is 2.31. The molecule has 0 radical (unpaired) electrons. The van der Waals surface area contributed by atoms with Gasteiger partial charge < -0.3 is 15.0 Å². The lowest BCUT2D eigenvalue weighted by Gasteiger charge is -2.14. The number of amides is 2. The first kappa shape index (κ1) is 21.7. The molecule has 3 rings (SSSR count). The van der Waals surface area contributed by atoms with Crippen molar-refractivity contribution in [2.45, 2.75) is 4.90 Å². The minimum absolute atomic E-state index is 0.127. The summed E-state index contributed by atoms with van der Waals surface area (Å²) in [6.45, 7) is -0.203. The van der Waals surface area contributed by atoms with Gasteiger partial charge in [0.1, 0.15) is 5.75 Å². The van der Waals surface area contributed by atoms with Crippen LogP contribution in [0.2, 0.25) is 5.02 Å². The predicted octanol–water partition coefficient (Wildman–Crippen LogP) is 5.80. The van der Waals surface area contributed by atoms with Crippen molar-refractivity contribution in [2.75, 3.05) is 26.0 Å². The number of thioether (sulfide) groups is 1. The van der Waals surface area contributed by atoms with Crippen LogP contribution in [0.1, 0.15) is 0 Å². The molecule has 0 unspecified atom stereocenters. The van der Waals surface area contributed by atoms with E-state index >= 15 is 0 Å². The lowest BCUT2D eigenvalue weighted by molar-refractivity contribution is -0.118. The average molecular weight is 441 g/mol. The summed E-state index contributed by atoms with van der Waals surface area (Å²) in [5.74, 6) is 0.0838. The number of anilines is 1. The highest BCUT2D eigenvalue weighted by atomic mass is 35.5. The van der Waals surface area contributed by atoms with E-state index in [0.717, 1.165) is 22.9 Å². The average Bonchev–Trinajstić information content (AvgIpc) is 2.74. The summed E-state index contributed by atoms with van der Waals surface area (Å²) in [6.07, 6.45) is 0. The number of para-hydroxylation sites is 1. The van der Waals surface area contributed by atoms with E-state index in [1.54, 1.807) is 38.4 Å². The molecule has 0 aromatic heterocycles. The SMILES string of the molecule is CN(C)C(=O)Sc1ccccc1NC(=O)COc1ccc(-c2ccccc2)cc1Cl. The van der Waals surface area contributed by atoms with Gasteiger partial charge in [-0.05, 0) is 47.2 Å². The number of benzene rings is 3. The Morgan fingerprint density at radius 3 is 2.37 bits per heavy atom. The second kappa shape index (κ2) is 10.2. The van der Waals surface area contributed by atoms with Crippen molar-refractivity contribution in [1.29, 1.82) is 0 Å². The monoisotopic (exact) mass is 440 g/mol. The van der Waals surface area contributed by atoms with E-state index in [2.05, 4.69) is 5.32 Å². The maximum atomic E-state index is 12.4. The molecule has 0 saturated heterocycles. The third-order valence-corrected chi connectivity index (χ3v) is 5.53. The van der Waals surface area contributed by atoms with E-state index in [-0.39, 0.29) is 17.8 Å². The van der Waals surface area contributed by atoms with Gasteiger partial charge in [-0.3, -0.25) is 9.59 Å². The molecule has 2 amide bonds. The molecule has 3 aromatic rings. The number of hydrogen-bond donors (Lipinski definition) is 1. The van der Waals surface area contributed by atoms with Gasteiger partial charge in [0.25, 0.3) is 11.1 Å². The Morgan fingerprint density at radius 2 is 1.67 bits per heavy atom. The van der Waals surface area contributed by atoms with Gasteiger partial charge >= 0.3 is 0 Å². The lowest BCUT2D eigenvalue weighted by Crippen LogP contribution is -2.21. The molecule has 0 heterocycles. The molecule has 1 N–H and O–H groups in total. The first-order chi connectivity index (χ1) is 14.4. The van der Waals surface area contributed by atoms with Crippen molar-refractivity contribution >= 4 is 40.2 Å². The Balaban J connectivity index is 1.62. The Hall–Kier alpha value is -2.96. The number of nitrogens with zero attached hydrogens (tertiary/aromatic N) is 1. The summed E-state index contributed by atoms with van der Waals surface area (Å²) in [5.41, 5.74) is 2.57. The molecule has 5 nitrogen and oxygen atoms in total. The summed E-state index contributed by atoms with van der Waals surface area (Å²) in [5, 5.41) is 3.08. The van der Waals surface area contributed by atoms with Gasteiger partial charge in [-0.1, -0.05) is 60.1 Å². The first-order valence-corrected chi connectivity index (χ1v) is 10.4. The van der Waals surface area contributed by atoms with Gasteiger partial charge in [-0.25, -0.2) is 0 Å². The molecule has 0 aliphatic rings. The minimum atomic E-state index is -0.344. The van der Waals surface area contributed by atoms with Gasteiger partial charge in [-0.2, -0.15) is 0 Å². The number of ether oxygens (including phenoxy) is 1. The fraction of sp³-hybridized carbons (Fsp3) is 0.130. The number of hydrogen-bond acceptors (Lipinski definition) is 4. The molecule has 0 aliphatic carbocycles. The summed E-state index contributed by atoms with van der Waals surface area (Å²) < 4.78 is 5.59. The summed E-state index contributed by atoms with van der Waals surface area (Å²) in [6, 6.07) is 22.4.